The molecule has 2 saturated carbocycles. The lowest BCUT2D eigenvalue weighted by atomic mass is 10.1. The molecule has 0 aromatic rings. The molecule has 10 nitrogen and oxygen atoms in total. The Morgan fingerprint density at radius 3 is 1.54 bits per heavy atom. The van der Waals surface area contributed by atoms with Crippen LogP contribution in [0.5, 0.6) is 0 Å². The van der Waals surface area contributed by atoms with E-state index in [1.807, 2.05) is 12.2 Å². The van der Waals surface area contributed by atoms with Gasteiger partial charge in [0.1, 0.15) is 24.3 Å². The van der Waals surface area contributed by atoms with Gasteiger partial charge in [-0.05, 0) is 89.9 Å². The fourth-order valence-corrected chi connectivity index (χ4v) is 4.94. The number of hydrogen-bond donors (Lipinski definition) is 3. The molecule has 0 aliphatic heterocycles. The number of carboxylic acid groups (broad SMARTS) is 1. The number of carbonyl (C=O) groups excluding carboxylic acids is 3. The van der Waals surface area contributed by atoms with E-state index in [1.54, 1.807) is 0 Å². The normalized spacial score (nSPS) is 16.4. The Labute approximate surface area is 245 Å². The first kappa shape index (κ1) is 36.0. The second-order valence-electron chi connectivity index (χ2n) is 10.7. The van der Waals surface area contributed by atoms with E-state index in [9.17, 15) is 19.2 Å². The molecule has 10 heteroatoms. The average Bonchev–Trinajstić information content (AvgIpc) is 3.66. The van der Waals surface area contributed by atoms with Gasteiger partial charge in [-0.25, -0.2) is 19.2 Å². The first-order valence-corrected chi connectivity index (χ1v) is 15.3. The van der Waals surface area contributed by atoms with Crippen molar-refractivity contribution in [3.8, 4) is 0 Å². The van der Waals surface area contributed by atoms with Crippen LogP contribution in [0.25, 0.3) is 0 Å². The fraction of sp³-hybridized carbons (Fsp3) is 0.742. The van der Waals surface area contributed by atoms with Gasteiger partial charge in [0.05, 0.1) is 7.11 Å². The number of carboxylic acids is 1. The summed E-state index contributed by atoms with van der Waals surface area (Å²) in [5, 5.41) is 14.2. The van der Waals surface area contributed by atoms with E-state index in [2.05, 4.69) is 23.8 Å². The SMILES string of the molecule is C=CCCCCC[C@H](NC(=O)OC1CCCC1)C(=O)O.C=CCCCCC[C@H](NC(=O)OC1CCCC1)C(=O)OC. The number of allylic oxidation sites excluding steroid dienone is 2. The Kier molecular flexibility index (Phi) is 19.9. The highest BCUT2D eigenvalue weighted by molar-refractivity contribution is 5.81. The van der Waals surface area contributed by atoms with Gasteiger partial charge in [0.15, 0.2) is 0 Å². The van der Waals surface area contributed by atoms with Crippen LogP contribution in [-0.2, 0) is 23.8 Å². The summed E-state index contributed by atoms with van der Waals surface area (Å²) in [5.41, 5.74) is 0. The van der Waals surface area contributed by atoms with Gasteiger partial charge in [-0.2, -0.15) is 0 Å². The molecule has 0 aromatic carbocycles. The van der Waals surface area contributed by atoms with Crippen LogP contribution in [0.4, 0.5) is 9.59 Å². The van der Waals surface area contributed by atoms with Crippen LogP contribution in [0.2, 0.25) is 0 Å². The number of alkyl carbamates (subject to hydrolysis) is 2. The number of carbonyl (C=O) groups is 4. The predicted molar refractivity (Wildman–Crippen MR) is 158 cm³/mol. The van der Waals surface area contributed by atoms with Gasteiger partial charge in [-0.1, -0.05) is 37.8 Å². The molecule has 0 saturated heterocycles. The van der Waals surface area contributed by atoms with Crippen LogP contribution in [0.1, 0.15) is 116 Å². The largest absolute Gasteiger partial charge is 0.480 e. The van der Waals surface area contributed by atoms with Crippen LogP contribution < -0.4 is 10.6 Å². The van der Waals surface area contributed by atoms with Gasteiger partial charge in [0, 0.05) is 0 Å². The molecule has 0 bridgehead atoms. The van der Waals surface area contributed by atoms with Crippen molar-refractivity contribution in [1.82, 2.24) is 10.6 Å². The van der Waals surface area contributed by atoms with Crippen LogP contribution in [0.15, 0.2) is 25.3 Å². The second-order valence-corrected chi connectivity index (χ2v) is 10.7. The zero-order valence-corrected chi connectivity index (χ0v) is 24.9. The van der Waals surface area contributed by atoms with Gasteiger partial charge in [-0.3, -0.25) is 0 Å². The zero-order chi connectivity index (χ0) is 30.3. The number of nitrogens with one attached hydrogen (secondary N) is 2. The van der Waals surface area contributed by atoms with Gasteiger partial charge in [0.25, 0.3) is 0 Å². The summed E-state index contributed by atoms with van der Waals surface area (Å²) in [6, 6.07) is -1.47. The van der Waals surface area contributed by atoms with E-state index in [1.165, 1.54) is 7.11 Å². The summed E-state index contributed by atoms with van der Waals surface area (Å²) in [5.74, 6) is -1.42. The molecule has 2 aliphatic rings. The first-order chi connectivity index (χ1) is 19.8. The van der Waals surface area contributed by atoms with Gasteiger partial charge in [0.2, 0.25) is 0 Å². The number of esters is 1. The number of methoxy groups -OCH3 is 1. The maximum Gasteiger partial charge on any atom is 0.408 e. The molecule has 2 amide bonds. The maximum absolute atomic E-state index is 11.8. The number of amides is 2. The molecule has 0 radical (unpaired) electrons. The van der Waals surface area contributed by atoms with Crippen LogP contribution in [-0.4, -0.2) is 60.6 Å². The van der Waals surface area contributed by atoms with Crippen molar-refractivity contribution in [3.05, 3.63) is 25.3 Å². The van der Waals surface area contributed by atoms with E-state index in [4.69, 9.17) is 19.3 Å². The molecular formula is C31H52N2O8. The number of ether oxygens (including phenoxy) is 3. The standard InChI is InChI=1S/C16H27NO4.C15H25NO4/c1-3-4-5-6-7-12-14(15(18)20-2)17-16(19)21-13-10-8-9-11-13;1-2-3-4-5-6-11-13(14(17)18)16-15(19)20-12-9-7-8-10-12/h3,13-14H,1,4-12H2,2H3,(H,17,19);2,12-13H,1,3-11H2,(H,16,19)(H,17,18)/t14-;13-/m00/s1. The van der Waals surface area contributed by atoms with Crippen molar-refractivity contribution in [2.24, 2.45) is 0 Å². The van der Waals surface area contributed by atoms with Crippen molar-refractivity contribution in [2.75, 3.05) is 7.11 Å². The molecule has 234 valence electrons. The lowest BCUT2D eigenvalue weighted by Crippen LogP contribution is -2.42. The Morgan fingerprint density at radius 1 is 0.732 bits per heavy atom. The predicted octanol–water partition coefficient (Wildman–Crippen LogP) is 6.58. The molecule has 0 aromatic heterocycles. The van der Waals surface area contributed by atoms with E-state index >= 15 is 0 Å². The average molecular weight is 581 g/mol. The highest BCUT2D eigenvalue weighted by Crippen LogP contribution is 2.22. The number of hydrogen-bond acceptors (Lipinski definition) is 7. The highest BCUT2D eigenvalue weighted by atomic mass is 16.6. The number of unbranched alkanes of at least 4 members (excludes halogenated alkanes) is 6. The van der Waals surface area contributed by atoms with Crippen molar-refractivity contribution < 1.29 is 38.5 Å². The minimum Gasteiger partial charge on any atom is -0.480 e. The summed E-state index contributed by atoms with van der Waals surface area (Å²) in [6.45, 7) is 7.32. The Hall–Kier alpha value is -3.04. The molecular weight excluding hydrogens is 528 g/mol. The van der Waals surface area contributed by atoms with Gasteiger partial charge >= 0.3 is 24.1 Å². The van der Waals surface area contributed by atoms with Crippen LogP contribution in [0, 0.1) is 0 Å². The molecule has 0 spiro atoms. The highest BCUT2D eigenvalue weighted by Gasteiger charge is 2.25. The summed E-state index contributed by atoms with van der Waals surface area (Å²) in [4.78, 5) is 46.3. The van der Waals surface area contributed by atoms with E-state index in [0.29, 0.717) is 12.8 Å². The van der Waals surface area contributed by atoms with Crippen LogP contribution >= 0.6 is 0 Å². The summed E-state index contributed by atoms with van der Waals surface area (Å²) >= 11 is 0. The monoisotopic (exact) mass is 580 g/mol. The quantitative estimate of drug-likeness (QED) is 0.0715. The molecule has 41 heavy (non-hydrogen) atoms. The fourth-order valence-electron chi connectivity index (χ4n) is 4.94. The minimum absolute atomic E-state index is 0.00381. The second kappa shape index (κ2) is 22.6. The smallest absolute Gasteiger partial charge is 0.408 e. The van der Waals surface area contributed by atoms with E-state index < -0.39 is 36.2 Å². The third kappa shape index (κ3) is 17.4. The molecule has 0 heterocycles. The molecule has 2 atom stereocenters. The van der Waals surface area contributed by atoms with Gasteiger partial charge < -0.3 is 30.0 Å². The third-order valence-electron chi connectivity index (χ3n) is 7.32. The summed E-state index contributed by atoms with van der Waals surface area (Å²) in [7, 11) is 1.33. The molecule has 2 rings (SSSR count). The Bertz CT molecular complexity index is 791. The number of aliphatic carboxylic acids is 1. The maximum atomic E-state index is 11.8. The van der Waals surface area contributed by atoms with E-state index in [-0.39, 0.29) is 12.2 Å². The van der Waals surface area contributed by atoms with Crippen LogP contribution in [0.3, 0.4) is 0 Å². The first-order valence-electron chi connectivity index (χ1n) is 15.3. The van der Waals surface area contributed by atoms with Crippen molar-refractivity contribution in [3.63, 3.8) is 0 Å². The van der Waals surface area contributed by atoms with Gasteiger partial charge in [-0.15, -0.1) is 13.2 Å². The topological polar surface area (TPSA) is 140 Å². The van der Waals surface area contributed by atoms with E-state index in [0.717, 1.165) is 103 Å². The molecule has 0 unspecified atom stereocenters. The lowest BCUT2D eigenvalue weighted by Gasteiger charge is -2.18. The van der Waals surface area contributed by atoms with Crippen molar-refractivity contribution >= 4 is 24.1 Å². The Morgan fingerprint density at radius 2 is 1.15 bits per heavy atom. The molecule has 3 N–H and O–H groups in total. The third-order valence-corrected chi connectivity index (χ3v) is 7.32. The molecule has 2 aliphatic carbocycles. The summed E-state index contributed by atoms with van der Waals surface area (Å²) < 4.78 is 15.3. The lowest BCUT2D eigenvalue weighted by molar-refractivity contribution is -0.143. The number of rotatable bonds is 18. The Balaban J connectivity index is 0.000000410. The minimum atomic E-state index is -1.00. The zero-order valence-electron chi connectivity index (χ0n) is 24.9. The van der Waals surface area contributed by atoms with Crippen molar-refractivity contribution in [2.45, 2.75) is 140 Å². The molecule has 2 fully saturated rings. The van der Waals surface area contributed by atoms with Crippen molar-refractivity contribution in [1.29, 1.82) is 0 Å². The summed E-state index contributed by atoms with van der Waals surface area (Å²) in [6.07, 6.45) is 19.1.